The second-order valence-electron chi connectivity index (χ2n) is 20.7. The topological polar surface area (TPSA) is 205 Å². The number of carbonyl (C=O) groups excluding carboxylic acids is 4. The molecule has 5 heterocycles. The summed E-state index contributed by atoms with van der Waals surface area (Å²) >= 11 is 30.7. The average Bonchev–Trinajstić information content (AvgIpc) is 0.799. The summed E-state index contributed by atoms with van der Waals surface area (Å²) in [7, 11) is 0. The Morgan fingerprint density at radius 1 is 0.451 bits per heavy atom. The van der Waals surface area contributed by atoms with Crippen molar-refractivity contribution in [3.63, 3.8) is 0 Å². The van der Waals surface area contributed by atoms with Crippen LogP contribution in [-0.4, -0.2) is 116 Å². The van der Waals surface area contributed by atoms with Crippen molar-refractivity contribution >= 4 is 146 Å². The zero-order valence-corrected chi connectivity index (χ0v) is 57.8. The monoisotopic (exact) mass is 1680 g/mol. The quantitative estimate of drug-likeness (QED) is 0.0463. The van der Waals surface area contributed by atoms with Gasteiger partial charge in [-0.25, -0.2) is 28.0 Å². The molecule has 5 aliphatic heterocycles. The van der Waals surface area contributed by atoms with E-state index in [4.69, 9.17) is 92.5 Å². The number of nitrogens with two attached hydrogens (primary N) is 1. The Kier molecular flexibility index (Phi) is 27.1. The number of alkyl halides is 15. The molecule has 5 aromatic carbocycles. The highest BCUT2D eigenvalue weighted by Crippen LogP contribution is 2.47. The van der Waals surface area contributed by atoms with Crippen molar-refractivity contribution in [1.82, 2.24) is 0 Å². The molecule has 5 aromatic rings. The first-order valence-electron chi connectivity index (χ1n) is 28.6. The number of halogens is 23. The number of rotatable bonds is 9. The van der Waals surface area contributed by atoms with Gasteiger partial charge < -0.3 is 48.7 Å². The Balaban J connectivity index is 0.000000201. The van der Waals surface area contributed by atoms with Gasteiger partial charge in [0.2, 0.25) is 30.5 Å². The molecule has 0 radical (unpaired) electrons. The zero-order chi connectivity index (χ0) is 76.8. The summed E-state index contributed by atoms with van der Waals surface area (Å²) in [5, 5.41) is 9.28. The van der Waals surface area contributed by atoms with Gasteiger partial charge in [0.15, 0.2) is 11.6 Å². The predicted octanol–water partition coefficient (Wildman–Crippen LogP) is 18.6. The lowest BCUT2D eigenvalue weighted by Crippen LogP contribution is -2.41. The molecule has 0 fully saturated rings. The molecule has 0 amide bonds. The second-order valence-corrected chi connectivity index (χ2v) is 23.8. The van der Waals surface area contributed by atoms with E-state index in [1.54, 1.807) is 6.92 Å². The number of ether oxygens (including phenoxy) is 8. The second kappa shape index (κ2) is 33.3. The number of fused-ring (bicyclic) bond motifs is 5. The number of anilines is 1. The van der Waals surface area contributed by atoms with E-state index >= 15 is 0 Å². The zero-order valence-electron chi connectivity index (χ0n) is 51.9. The summed E-state index contributed by atoms with van der Waals surface area (Å²) in [4.78, 5) is 57.4. The van der Waals surface area contributed by atoms with Crippen LogP contribution in [0.25, 0.3) is 30.4 Å². The minimum Gasteiger partial charge on any atom is -0.478 e. The third-order valence-corrected chi connectivity index (χ3v) is 16.9. The molecule has 0 aromatic heterocycles. The van der Waals surface area contributed by atoms with Crippen LogP contribution in [0.5, 0.6) is 28.7 Å². The summed E-state index contributed by atoms with van der Waals surface area (Å²) in [6.45, 7) is 7.01. The molecule has 0 saturated carbocycles. The number of aliphatic carboxylic acids is 1. The van der Waals surface area contributed by atoms with Crippen molar-refractivity contribution in [3.05, 3.63) is 162 Å². The lowest BCUT2D eigenvalue weighted by molar-refractivity contribution is -0.188. The fourth-order valence-corrected chi connectivity index (χ4v) is 10.9. The molecule has 3 N–H and O–H groups in total. The third-order valence-electron chi connectivity index (χ3n) is 13.9. The van der Waals surface area contributed by atoms with Crippen LogP contribution >= 0.6 is 80.6 Å². The molecule has 0 bridgehead atoms. The Hall–Kier alpha value is -7.86. The number of nitrogen functional groups attached to an aromatic ring is 1. The molecule has 5 atom stereocenters. The van der Waals surface area contributed by atoms with Gasteiger partial charge in [0, 0.05) is 42.5 Å². The highest BCUT2D eigenvalue weighted by atomic mass is 127. The minimum absolute atomic E-state index is 0.0152. The molecule has 0 aliphatic carbocycles. The van der Waals surface area contributed by atoms with Gasteiger partial charge in [0.1, 0.15) is 34.6 Å². The van der Waals surface area contributed by atoms with Crippen LogP contribution in [0, 0.1) is 15.2 Å². The predicted molar refractivity (Wildman–Crippen MR) is 344 cm³/mol. The van der Waals surface area contributed by atoms with Gasteiger partial charge in [0.05, 0.1) is 73.5 Å². The standard InChI is InChI=1S/C13H9ClF4O3.C13H9ClF3IO3.C13H11ClF3NO3.C13H10ClF3O3.C12H7ClF4O2/c1-2-20-12(19)7-5-6-9(4-3-8(14)10(6)15)21-11(7)13(16,17)18;2*1-2-20-12(19)7-5-6-9(4-3-8(14)10(6)18)21-11(7)13(15,16)17;1-2-6-7-5-8(12(18)19)11(13(15,16)17)20-10(7)4-3-9(6)14;1-5(18)7-2-6-3-8(13)9(14)4-10(6)19-11(7)12(15,16)17/h2*3-5,11H,2H2,1H3;3-5,11H,2,18H2,1H3;3-5,11H,2H2,1H3,(H,18,19);2-4,11H,1H3. The van der Waals surface area contributed by atoms with Gasteiger partial charge in [-0.3, -0.25) is 4.79 Å². The van der Waals surface area contributed by atoms with Crippen LogP contribution < -0.4 is 29.4 Å². The van der Waals surface area contributed by atoms with E-state index in [9.17, 15) is 98.6 Å². The van der Waals surface area contributed by atoms with Crippen LogP contribution in [-0.2, 0) is 44.6 Å². The van der Waals surface area contributed by atoms with Gasteiger partial charge in [-0.15, -0.1) is 0 Å². The van der Waals surface area contributed by atoms with Crippen molar-refractivity contribution in [2.75, 3.05) is 25.6 Å². The number of esters is 3. The maximum Gasteiger partial charge on any atom is 0.430 e. The van der Waals surface area contributed by atoms with E-state index in [0.717, 1.165) is 61.6 Å². The molecular formula is C64H46Cl5F17INO14. The Morgan fingerprint density at radius 3 is 1.21 bits per heavy atom. The van der Waals surface area contributed by atoms with Crippen LogP contribution in [0.2, 0.25) is 25.1 Å². The van der Waals surface area contributed by atoms with Crippen LogP contribution in [0.15, 0.2) is 88.5 Å². The molecule has 0 spiro atoms. The molecule has 15 nitrogen and oxygen atoms in total. The number of Topliss-reactive ketones (excluding diaryl/α,β-unsaturated/α-hetero) is 1. The van der Waals surface area contributed by atoms with Gasteiger partial charge in [-0.05, 0) is 147 Å². The number of benzene rings is 5. The summed E-state index contributed by atoms with van der Waals surface area (Å²) in [5.41, 5.74) is 3.43. The highest BCUT2D eigenvalue weighted by molar-refractivity contribution is 14.1. The van der Waals surface area contributed by atoms with E-state index in [1.165, 1.54) is 57.2 Å². The third kappa shape index (κ3) is 19.7. The average molecular weight is 1680 g/mol. The highest BCUT2D eigenvalue weighted by Gasteiger charge is 2.53. The van der Waals surface area contributed by atoms with Crippen molar-refractivity contribution in [1.29, 1.82) is 0 Å². The van der Waals surface area contributed by atoms with E-state index in [0.29, 0.717) is 31.2 Å². The largest absolute Gasteiger partial charge is 0.478 e. The van der Waals surface area contributed by atoms with E-state index < -0.39 is 131 Å². The number of ketones is 1. The number of carboxylic acids is 1. The number of carbonyl (C=O) groups is 5. The van der Waals surface area contributed by atoms with Crippen LogP contribution in [0.1, 0.15) is 68.0 Å². The molecule has 5 aliphatic rings. The lowest BCUT2D eigenvalue weighted by atomic mass is 9.96. The maximum absolute atomic E-state index is 13.8. The van der Waals surface area contributed by atoms with E-state index in [1.807, 2.05) is 22.6 Å². The Labute approximate surface area is 603 Å². The minimum atomic E-state index is -4.84. The number of hydrogen-bond donors (Lipinski definition) is 2. The Morgan fingerprint density at radius 2 is 0.794 bits per heavy atom. The van der Waals surface area contributed by atoms with Gasteiger partial charge in [0.25, 0.3) is 0 Å². The van der Waals surface area contributed by atoms with Crippen LogP contribution in [0.4, 0.5) is 80.3 Å². The molecule has 10 rings (SSSR count). The molecular weight excluding hydrogens is 1630 g/mol. The van der Waals surface area contributed by atoms with E-state index in [2.05, 4.69) is 14.2 Å². The molecule has 5 unspecified atom stereocenters. The van der Waals surface area contributed by atoms with Gasteiger partial charge in [-0.2, -0.15) is 65.9 Å². The summed E-state index contributed by atoms with van der Waals surface area (Å²) in [5.74, 6) is -8.38. The number of carboxylic acid groups (broad SMARTS) is 1. The molecule has 102 heavy (non-hydrogen) atoms. The van der Waals surface area contributed by atoms with Crippen molar-refractivity contribution in [3.8, 4) is 28.7 Å². The maximum atomic E-state index is 13.8. The first-order chi connectivity index (χ1) is 47.2. The van der Waals surface area contributed by atoms with Crippen LogP contribution in [0.3, 0.4) is 0 Å². The molecule has 552 valence electrons. The van der Waals surface area contributed by atoms with Crippen molar-refractivity contribution in [2.24, 2.45) is 0 Å². The van der Waals surface area contributed by atoms with Gasteiger partial charge >= 0.3 is 54.8 Å². The summed E-state index contributed by atoms with van der Waals surface area (Å²) < 4.78 is 260. The molecule has 38 heteroatoms. The fraction of sp³-hybridized carbons (Fsp3) is 0.297. The number of hydrogen-bond acceptors (Lipinski definition) is 14. The van der Waals surface area contributed by atoms with Gasteiger partial charge in [-0.1, -0.05) is 64.9 Å². The SMILES string of the molecule is CC(=O)C1=Cc2cc(Cl)c(F)cc2OC1C(F)(F)F.CCOC(=O)C1=Cc2c(ccc(Cl)c2F)OC1C(F)(F)F.CCOC(=O)C1=Cc2c(ccc(Cl)c2I)OC1C(F)(F)F.CCOC(=O)C1=Cc2c(ccc(Cl)c2N)OC1C(F)(F)F.CCc1c(Cl)ccc2c1C=C(C(=O)O)C(C(F)(F)F)O2. The summed E-state index contributed by atoms with van der Waals surface area (Å²) in [6, 6.07) is 12.2. The van der Waals surface area contributed by atoms with Crippen molar-refractivity contribution < 1.29 is 142 Å². The Bertz CT molecular complexity index is 3990. The van der Waals surface area contributed by atoms with Crippen molar-refractivity contribution in [2.45, 2.75) is 102 Å². The van der Waals surface area contributed by atoms with E-state index in [-0.39, 0.29) is 91.6 Å². The normalized spacial score (nSPS) is 17.8. The fourth-order valence-electron chi connectivity index (χ4n) is 9.35. The summed E-state index contributed by atoms with van der Waals surface area (Å²) in [6.07, 6.45) is -30.6. The lowest BCUT2D eigenvalue weighted by Gasteiger charge is -2.28. The first kappa shape index (κ1) is 83.1. The smallest absolute Gasteiger partial charge is 0.430 e. The first-order valence-corrected chi connectivity index (χ1v) is 31.5. The molecule has 0 saturated heterocycles.